The van der Waals surface area contributed by atoms with Gasteiger partial charge in [0.05, 0.1) is 11.6 Å². The number of aromatic nitrogens is 3. The van der Waals surface area contributed by atoms with Crippen molar-refractivity contribution in [2.75, 3.05) is 14.1 Å². The Hall–Kier alpha value is -1.54. The van der Waals surface area contributed by atoms with Crippen LogP contribution in [0.15, 0.2) is 29.4 Å². The fourth-order valence-corrected chi connectivity index (χ4v) is 3.86. The number of thioether (sulfide) groups is 1. The molecule has 2 aromatic rings. The second-order valence-corrected chi connectivity index (χ2v) is 7.66. The van der Waals surface area contributed by atoms with E-state index >= 15 is 0 Å². The van der Waals surface area contributed by atoms with Crippen LogP contribution in [0.4, 0.5) is 13.2 Å². The van der Waals surface area contributed by atoms with Gasteiger partial charge in [-0.1, -0.05) is 50.2 Å². The van der Waals surface area contributed by atoms with Gasteiger partial charge in [0.25, 0.3) is 0 Å². The normalized spacial score (nSPS) is 13.3. The van der Waals surface area contributed by atoms with E-state index in [0.29, 0.717) is 11.3 Å². The zero-order valence-electron chi connectivity index (χ0n) is 16.3. The first-order chi connectivity index (χ1) is 12.8. The zero-order valence-corrected chi connectivity index (χ0v) is 17.1. The Labute approximate surface area is 163 Å². The SMILES string of the molecule is CCCCn1c(SCc2cccc(C(F)(F)F)c2)nnc1C(CC)N(C)C. The molecule has 0 radical (unpaired) electrons. The Kier molecular flexibility index (Phi) is 7.73. The van der Waals surface area contributed by atoms with E-state index in [4.69, 9.17) is 0 Å². The number of rotatable bonds is 9. The van der Waals surface area contributed by atoms with E-state index < -0.39 is 11.7 Å². The van der Waals surface area contributed by atoms with Gasteiger partial charge in [0.15, 0.2) is 11.0 Å². The van der Waals surface area contributed by atoms with Gasteiger partial charge in [0.2, 0.25) is 0 Å². The molecule has 0 amide bonds. The predicted octanol–water partition coefficient (Wildman–Crippen LogP) is 5.40. The Balaban J connectivity index is 2.22. The summed E-state index contributed by atoms with van der Waals surface area (Å²) in [6.45, 7) is 5.05. The van der Waals surface area contributed by atoms with Crippen LogP contribution < -0.4 is 0 Å². The first kappa shape index (κ1) is 21.8. The number of benzene rings is 1. The van der Waals surface area contributed by atoms with E-state index in [1.54, 1.807) is 6.07 Å². The van der Waals surface area contributed by atoms with E-state index in [-0.39, 0.29) is 6.04 Å². The van der Waals surface area contributed by atoms with Crippen LogP contribution in [0, 0.1) is 0 Å². The molecule has 0 spiro atoms. The minimum absolute atomic E-state index is 0.164. The standard InChI is InChI=1S/C19H27F3N4S/c1-5-7-11-26-17(16(6-2)25(3)4)23-24-18(26)27-13-14-9-8-10-15(12-14)19(20,21)22/h8-10,12,16H,5-7,11,13H2,1-4H3. The second kappa shape index (κ2) is 9.59. The lowest BCUT2D eigenvalue weighted by Crippen LogP contribution is -2.23. The van der Waals surface area contributed by atoms with Gasteiger partial charge in [-0.25, -0.2) is 0 Å². The van der Waals surface area contributed by atoms with E-state index in [0.717, 1.165) is 42.9 Å². The number of nitrogens with zero attached hydrogens (tertiary/aromatic N) is 4. The van der Waals surface area contributed by atoms with Gasteiger partial charge >= 0.3 is 6.18 Å². The summed E-state index contributed by atoms with van der Waals surface area (Å²) in [4.78, 5) is 2.12. The van der Waals surface area contributed by atoms with Gasteiger partial charge in [-0.2, -0.15) is 13.2 Å². The minimum Gasteiger partial charge on any atom is -0.305 e. The molecule has 27 heavy (non-hydrogen) atoms. The Morgan fingerprint density at radius 3 is 2.52 bits per heavy atom. The molecule has 150 valence electrons. The highest BCUT2D eigenvalue weighted by molar-refractivity contribution is 7.98. The van der Waals surface area contributed by atoms with E-state index in [1.807, 2.05) is 14.1 Å². The van der Waals surface area contributed by atoms with Crippen molar-refractivity contribution in [3.63, 3.8) is 0 Å². The van der Waals surface area contributed by atoms with Gasteiger partial charge in [0.1, 0.15) is 0 Å². The molecular formula is C19H27F3N4S. The summed E-state index contributed by atoms with van der Waals surface area (Å²) in [7, 11) is 4.03. The second-order valence-electron chi connectivity index (χ2n) is 6.72. The molecule has 1 aromatic carbocycles. The molecule has 0 N–H and O–H groups in total. The van der Waals surface area contributed by atoms with Gasteiger partial charge in [-0.3, -0.25) is 4.90 Å². The molecule has 1 unspecified atom stereocenters. The molecule has 8 heteroatoms. The summed E-state index contributed by atoms with van der Waals surface area (Å²) in [5.41, 5.74) is 0.00783. The first-order valence-corrected chi connectivity index (χ1v) is 10.1. The van der Waals surface area contributed by atoms with Gasteiger partial charge in [-0.15, -0.1) is 10.2 Å². The lowest BCUT2D eigenvalue weighted by atomic mass is 10.1. The van der Waals surface area contributed by atoms with Crippen LogP contribution in [-0.2, 0) is 18.5 Å². The van der Waals surface area contributed by atoms with Gasteiger partial charge in [-0.05, 0) is 38.6 Å². The van der Waals surface area contributed by atoms with Crippen LogP contribution in [0.5, 0.6) is 0 Å². The summed E-state index contributed by atoms with van der Waals surface area (Å²) in [6, 6.07) is 5.63. The van der Waals surface area contributed by atoms with Crippen molar-refractivity contribution >= 4 is 11.8 Å². The van der Waals surface area contributed by atoms with Crippen LogP contribution in [0.25, 0.3) is 0 Å². The third-order valence-corrected chi connectivity index (χ3v) is 5.45. The summed E-state index contributed by atoms with van der Waals surface area (Å²) >= 11 is 1.43. The van der Waals surface area contributed by atoms with Crippen LogP contribution in [0.3, 0.4) is 0 Å². The van der Waals surface area contributed by atoms with Crippen molar-refractivity contribution in [2.45, 2.75) is 62.8 Å². The Morgan fingerprint density at radius 2 is 1.93 bits per heavy atom. The molecule has 0 aliphatic carbocycles. The summed E-state index contributed by atoms with van der Waals surface area (Å²) < 4.78 is 40.8. The molecule has 1 heterocycles. The Bertz CT molecular complexity index is 728. The van der Waals surface area contributed by atoms with E-state index in [2.05, 4.69) is 33.5 Å². The molecule has 4 nitrogen and oxygen atoms in total. The average molecular weight is 401 g/mol. The van der Waals surface area contributed by atoms with Crippen molar-refractivity contribution in [3.8, 4) is 0 Å². The molecule has 0 fully saturated rings. The smallest absolute Gasteiger partial charge is 0.305 e. The summed E-state index contributed by atoms with van der Waals surface area (Å²) in [5.74, 6) is 1.34. The van der Waals surface area contributed by atoms with Crippen LogP contribution in [0.1, 0.15) is 56.1 Å². The molecule has 0 bridgehead atoms. The number of unbranched alkanes of at least 4 members (excludes halogenated alkanes) is 1. The van der Waals surface area contributed by atoms with E-state index in [1.165, 1.54) is 23.9 Å². The number of hydrogen-bond acceptors (Lipinski definition) is 4. The summed E-state index contributed by atoms with van der Waals surface area (Å²) in [5, 5.41) is 9.49. The number of hydrogen-bond donors (Lipinski definition) is 0. The number of alkyl halides is 3. The predicted molar refractivity (Wildman–Crippen MR) is 103 cm³/mol. The zero-order chi connectivity index (χ0) is 20.0. The highest BCUT2D eigenvalue weighted by Crippen LogP contribution is 2.32. The maximum Gasteiger partial charge on any atom is 0.416 e. The highest BCUT2D eigenvalue weighted by Gasteiger charge is 2.30. The maximum atomic E-state index is 12.9. The molecule has 0 saturated carbocycles. The van der Waals surface area contributed by atoms with Crippen molar-refractivity contribution in [1.82, 2.24) is 19.7 Å². The van der Waals surface area contributed by atoms with E-state index in [9.17, 15) is 13.2 Å². The molecule has 1 aromatic heterocycles. The quantitative estimate of drug-likeness (QED) is 0.528. The van der Waals surface area contributed by atoms with Crippen molar-refractivity contribution in [3.05, 3.63) is 41.2 Å². The maximum absolute atomic E-state index is 12.9. The Morgan fingerprint density at radius 1 is 1.19 bits per heavy atom. The molecular weight excluding hydrogens is 373 g/mol. The molecule has 2 rings (SSSR count). The molecule has 0 aliphatic rings. The largest absolute Gasteiger partial charge is 0.416 e. The third kappa shape index (κ3) is 5.72. The lowest BCUT2D eigenvalue weighted by Gasteiger charge is -2.23. The third-order valence-electron chi connectivity index (χ3n) is 4.41. The molecule has 0 saturated heterocycles. The number of halogens is 3. The fraction of sp³-hybridized carbons (Fsp3) is 0.579. The minimum atomic E-state index is -4.32. The summed E-state index contributed by atoms with van der Waals surface area (Å²) in [6.07, 6.45) is -1.36. The van der Waals surface area contributed by atoms with Crippen molar-refractivity contribution in [2.24, 2.45) is 0 Å². The van der Waals surface area contributed by atoms with Crippen molar-refractivity contribution < 1.29 is 13.2 Å². The fourth-order valence-electron chi connectivity index (χ4n) is 2.94. The van der Waals surface area contributed by atoms with Crippen LogP contribution in [0.2, 0.25) is 0 Å². The molecule has 0 aliphatic heterocycles. The van der Waals surface area contributed by atoms with Crippen molar-refractivity contribution in [1.29, 1.82) is 0 Å². The lowest BCUT2D eigenvalue weighted by molar-refractivity contribution is -0.137. The topological polar surface area (TPSA) is 34.0 Å². The highest BCUT2D eigenvalue weighted by atomic mass is 32.2. The van der Waals surface area contributed by atoms with Crippen LogP contribution in [-0.4, -0.2) is 33.8 Å². The van der Waals surface area contributed by atoms with Gasteiger partial charge < -0.3 is 4.57 Å². The average Bonchev–Trinajstić information content (AvgIpc) is 3.00. The molecule has 1 atom stereocenters. The monoisotopic (exact) mass is 400 g/mol. The van der Waals surface area contributed by atoms with Crippen LogP contribution >= 0.6 is 11.8 Å². The van der Waals surface area contributed by atoms with Gasteiger partial charge in [0, 0.05) is 12.3 Å². The first-order valence-electron chi connectivity index (χ1n) is 9.16.